The molecule has 0 amide bonds. The maximum Gasteiger partial charge on any atom is 0.573 e. The molecule has 0 N–H and O–H groups in total. The van der Waals surface area contributed by atoms with Crippen molar-refractivity contribution in [1.29, 1.82) is 0 Å². The number of anilines is 1. The molecule has 48 heavy (non-hydrogen) atoms. The number of nitro groups is 1. The van der Waals surface area contributed by atoms with Crippen molar-refractivity contribution in [3.63, 3.8) is 0 Å². The smallest absolute Gasteiger partial charge is 0.490 e. The Kier molecular flexibility index (Phi) is 9.99. The number of fused-ring (bicyclic) bond motifs is 1. The molecule has 1 atom stereocenters. The third kappa shape index (κ3) is 8.97. The summed E-state index contributed by atoms with van der Waals surface area (Å²) in [6.45, 7) is 5.74. The average molecular weight is 666 g/mol. The number of hydrogen-bond acceptors (Lipinski definition) is 9. The van der Waals surface area contributed by atoms with Gasteiger partial charge in [-0.2, -0.15) is 0 Å². The zero-order valence-corrected chi connectivity index (χ0v) is 25.9. The lowest BCUT2D eigenvalue weighted by Crippen LogP contribution is -2.45. The molecule has 2 aliphatic heterocycles. The first-order valence-electron chi connectivity index (χ1n) is 15.5. The van der Waals surface area contributed by atoms with E-state index in [1.54, 1.807) is 28.9 Å². The number of aromatic nitrogens is 2. The molecule has 0 aliphatic carbocycles. The number of alkyl halides is 3. The lowest BCUT2D eigenvalue weighted by Gasteiger charge is -2.36. The van der Waals surface area contributed by atoms with Crippen LogP contribution in [0, 0.1) is 10.1 Å². The van der Waals surface area contributed by atoms with Gasteiger partial charge in [-0.05, 0) is 70.7 Å². The van der Waals surface area contributed by atoms with Crippen LogP contribution in [0.15, 0.2) is 85.1 Å². The van der Waals surface area contributed by atoms with Gasteiger partial charge in [-0.15, -0.1) is 13.2 Å². The zero-order chi connectivity index (χ0) is 33.5. The molecule has 0 radical (unpaired) electrons. The number of imidazole rings is 1. The van der Waals surface area contributed by atoms with Crippen molar-refractivity contribution in [1.82, 2.24) is 14.5 Å². The molecule has 11 nitrogen and oxygen atoms in total. The van der Waals surface area contributed by atoms with Crippen LogP contribution >= 0.6 is 0 Å². The van der Waals surface area contributed by atoms with E-state index in [1.807, 2.05) is 24.3 Å². The molecule has 0 unspecified atom stereocenters. The van der Waals surface area contributed by atoms with Crippen LogP contribution < -0.4 is 23.8 Å². The molecule has 4 aromatic rings. The quantitative estimate of drug-likeness (QED) is 0.127. The van der Waals surface area contributed by atoms with E-state index in [4.69, 9.17) is 14.2 Å². The van der Waals surface area contributed by atoms with E-state index in [2.05, 4.69) is 43.8 Å². The van der Waals surface area contributed by atoms with Crippen molar-refractivity contribution in [2.24, 2.45) is 0 Å². The van der Waals surface area contributed by atoms with Crippen LogP contribution in [0.2, 0.25) is 0 Å². The third-order valence-electron chi connectivity index (χ3n) is 7.99. The minimum absolute atomic E-state index is 0.219. The van der Waals surface area contributed by atoms with Gasteiger partial charge in [-0.1, -0.05) is 30.3 Å². The molecule has 3 aromatic carbocycles. The fourth-order valence-electron chi connectivity index (χ4n) is 5.50. The van der Waals surface area contributed by atoms with Crippen LogP contribution in [0.1, 0.15) is 17.5 Å². The molecular formula is C34H34F3N5O6. The van der Waals surface area contributed by atoms with Crippen LogP contribution in [-0.4, -0.2) is 71.2 Å². The second kappa shape index (κ2) is 14.7. The lowest BCUT2D eigenvalue weighted by atomic mass is 10.1. The Morgan fingerprint density at radius 2 is 1.56 bits per heavy atom. The predicted octanol–water partition coefficient (Wildman–Crippen LogP) is 6.33. The summed E-state index contributed by atoms with van der Waals surface area (Å²) >= 11 is 0. The van der Waals surface area contributed by atoms with Gasteiger partial charge in [0.25, 0.3) is 0 Å². The number of hydrogen-bond donors (Lipinski definition) is 0. The van der Waals surface area contributed by atoms with Crippen molar-refractivity contribution in [3.8, 4) is 23.3 Å². The Balaban J connectivity index is 0.887. The van der Waals surface area contributed by atoms with Crippen molar-refractivity contribution < 1.29 is 37.0 Å². The van der Waals surface area contributed by atoms with Crippen LogP contribution in [-0.2, 0) is 13.1 Å². The topological polar surface area (TPSA) is 104 Å². The number of rotatable bonds is 12. The summed E-state index contributed by atoms with van der Waals surface area (Å²) < 4.78 is 59.9. The minimum atomic E-state index is -4.71. The second-order valence-electron chi connectivity index (χ2n) is 11.4. The number of aryl methyl sites for hydroxylation is 1. The second-order valence-corrected chi connectivity index (χ2v) is 11.4. The normalized spacial score (nSPS) is 16.7. The molecule has 1 aromatic heterocycles. The molecule has 0 bridgehead atoms. The molecule has 3 heterocycles. The lowest BCUT2D eigenvalue weighted by molar-refractivity contribution is -0.389. The van der Waals surface area contributed by atoms with Crippen LogP contribution in [0.5, 0.6) is 23.3 Å². The van der Waals surface area contributed by atoms with Crippen molar-refractivity contribution in [3.05, 3.63) is 106 Å². The molecule has 252 valence electrons. The fraction of sp³-hybridized carbons (Fsp3) is 0.324. The van der Waals surface area contributed by atoms with Crippen molar-refractivity contribution in [2.75, 3.05) is 44.3 Å². The Hall–Kier alpha value is -5.24. The summed E-state index contributed by atoms with van der Waals surface area (Å²) in [6.07, 6.45) is 0.702. The average Bonchev–Trinajstić information content (AvgIpc) is 3.51. The Bertz CT molecular complexity index is 1690. The van der Waals surface area contributed by atoms with Gasteiger partial charge >= 0.3 is 18.2 Å². The highest BCUT2D eigenvalue weighted by Crippen LogP contribution is 2.26. The zero-order valence-electron chi connectivity index (χ0n) is 25.9. The molecule has 1 fully saturated rings. The monoisotopic (exact) mass is 665 g/mol. The first-order chi connectivity index (χ1) is 23.2. The van der Waals surface area contributed by atoms with E-state index in [0.29, 0.717) is 26.2 Å². The summed E-state index contributed by atoms with van der Waals surface area (Å²) in [5, 5.41) is 11.0. The molecule has 6 rings (SSSR count). The van der Waals surface area contributed by atoms with Gasteiger partial charge in [0, 0.05) is 56.4 Å². The largest absolute Gasteiger partial charge is 0.573 e. The first-order valence-corrected chi connectivity index (χ1v) is 15.5. The van der Waals surface area contributed by atoms with E-state index < -0.39 is 11.3 Å². The van der Waals surface area contributed by atoms with Gasteiger partial charge in [0.1, 0.15) is 42.8 Å². The third-order valence-corrected chi connectivity index (χ3v) is 7.99. The molecule has 0 saturated carbocycles. The SMILES string of the molecule is O=[N+]([O-])c1cn2c(n1)O[C@@H](COc1ccc(N3CCN(Cc4ccc(OC/C=C/c5ccc(OC(F)(F)F)cc5)cc4)CC3)cc1)CC2. The van der Waals surface area contributed by atoms with Gasteiger partial charge in [0.15, 0.2) is 0 Å². The van der Waals surface area contributed by atoms with Crippen LogP contribution in [0.25, 0.3) is 6.08 Å². The maximum atomic E-state index is 12.3. The highest BCUT2D eigenvalue weighted by Gasteiger charge is 2.31. The molecule has 0 spiro atoms. The molecule has 14 heteroatoms. The number of halogens is 3. The van der Waals surface area contributed by atoms with Gasteiger partial charge in [-0.25, -0.2) is 0 Å². The van der Waals surface area contributed by atoms with E-state index in [0.717, 1.165) is 55.5 Å². The predicted molar refractivity (Wildman–Crippen MR) is 171 cm³/mol. The van der Waals surface area contributed by atoms with E-state index in [9.17, 15) is 23.3 Å². The fourth-order valence-corrected chi connectivity index (χ4v) is 5.50. The highest BCUT2D eigenvalue weighted by atomic mass is 19.4. The summed E-state index contributed by atoms with van der Waals surface area (Å²) in [6, 6.07) is 21.9. The van der Waals surface area contributed by atoms with Crippen molar-refractivity contribution in [2.45, 2.75) is 32.0 Å². The highest BCUT2D eigenvalue weighted by molar-refractivity contribution is 5.51. The van der Waals surface area contributed by atoms with E-state index in [1.165, 1.54) is 23.9 Å². The van der Waals surface area contributed by atoms with Crippen LogP contribution in [0.3, 0.4) is 0 Å². The number of ether oxygens (including phenoxy) is 4. The van der Waals surface area contributed by atoms with Gasteiger partial charge in [0.2, 0.25) is 0 Å². The first kappa shape index (κ1) is 32.7. The summed E-state index contributed by atoms with van der Waals surface area (Å²) in [5.41, 5.74) is 3.07. The maximum absolute atomic E-state index is 12.3. The molecular weight excluding hydrogens is 631 g/mol. The standard InChI is InChI=1S/C34H34F3N5O6/c35-34(36,37)48-30-11-3-25(4-12-30)2-1-21-45-28-9-5-26(6-10-28)22-39-17-19-40(20-18-39)27-7-13-29(14-8-27)46-24-31-15-16-41-23-32(42(43)44)38-33(41)47-31/h1-14,23,31H,15-22,24H2/b2-1+/t31-/m1/s1. The van der Waals surface area contributed by atoms with Gasteiger partial charge in [-0.3, -0.25) is 9.47 Å². The number of nitrogens with zero attached hydrogens (tertiary/aromatic N) is 5. The van der Waals surface area contributed by atoms with E-state index >= 15 is 0 Å². The van der Waals surface area contributed by atoms with Crippen molar-refractivity contribution >= 4 is 17.6 Å². The van der Waals surface area contributed by atoms with Crippen LogP contribution in [0.4, 0.5) is 24.7 Å². The van der Waals surface area contributed by atoms with Gasteiger partial charge < -0.3 is 34.0 Å². The molecule has 1 saturated heterocycles. The summed E-state index contributed by atoms with van der Waals surface area (Å²) in [7, 11) is 0. The Labute approximate surface area is 274 Å². The summed E-state index contributed by atoms with van der Waals surface area (Å²) in [5.74, 6) is 0.994. The number of piperazine rings is 1. The summed E-state index contributed by atoms with van der Waals surface area (Å²) in [4.78, 5) is 19.1. The molecule has 2 aliphatic rings. The Morgan fingerprint density at radius 3 is 2.25 bits per heavy atom. The minimum Gasteiger partial charge on any atom is -0.490 e. The van der Waals surface area contributed by atoms with Gasteiger partial charge in [0.05, 0.1) is 0 Å². The Morgan fingerprint density at radius 1 is 0.896 bits per heavy atom. The number of benzene rings is 3. The van der Waals surface area contributed by atoms with E-state index in [-0.39, 0.29) is 23.7 Å².